The smallest absolute Gasteiger partial charge is 0.346 e. The molecule has 0 aliphatic heterocycles. The summed E-state index contributed by atoms with van der Waals surface area (Å²) in [4.78, 5) is 18.4. The van der Waals surface area contributed by atoms with Crippen molar-refractivity contribution in [3.05, 3.63) is 93.8 Å². The van der Waals surface area contributed by atoms with E-state index in [1.54, 1.807) is 7.11 Å². The Hall–Kier alpha value is -3.92. The number of pyridine rings is 1. The molecule has 0 saturated heterocycles. The van der Waals surface area contributed by atoms with E-state index in [0.29, 0.717) is 16.5 Å². The SMILES string of the molecule is COc1ccc(-c2c3c(nc4c2c(=O)oc2ccc(C)cc24)-c2ccccc2CC3)cc1. The van der Waals surface area contributed by atoms with Gasteiger partial charge in [-0.15, -0.1) is 0 Å². The first kappa shape index (κ1) is 18.8. The maximum absolute atomic E-state index is 13.3. The van der Waals surface area contributed by atoms with E-state index in [1.807, 2.05) is 49.4 Å². The zero-order chi connectivity index (χ0) is 21.8. The van der Waals surface area contributed by atoms with Crippen LogP contribution in [0.25, 0.3) is 44.3 Å². The Labute approximate surface area is 185 Å². The summed E-state index contributed by atoms with van der Waals surface area (Å²) in [6.45, 7) is 2.04. The highest BCUT2D eigenvalue weighted by atomic mass is 16.5. The molecule has 3 aromatic carbocycles. The van der Waals surface area contributed by atoms with E-state index in [4.69, 9.17) is 14.1 Å². The molecule has 0 spiro atoms. The molecule has 0 bridgehead atoms. The van der Waals surface area contributed by atoms with Gasteiger partial charge in [0.1, 0.15) is 11.3 Å². The third kappa shape index (κ3) is 2.76. The van der Waals surface area contributed by atoms with Crippen molar-refractivity contribution in [3.63, 3.8) is 0 Å². The topological polar surface area (TPSA) is 52.3 Å². The minimum Gasteiger partial charge on any atom is -0.497 e. The predicted molar refractivity (Wildman–Crippen MR) is 127 cm³/mol. The van der Waals surface area contributed by atoms with Gasteiger partial charge in [-0.1, -0.05) is 48.0 Å². The lowest BCUT2D eigenvalue weighted by molar-refractivity contribution is 0.415. The van der Waals surface area contributed by atoms with E-state index in [2.05, 4.69) is 24.3 Å². The highest BCUT2D eigenvalue weighted by molar-refractivity contribution is 6.09. The lowest BCUT2D eigenvalue weighted by Gasteiger charge is -2.23. The number of benzene rings is 3. The zero-order valence-electron chi connectivity index (χ0n) is 17.9. The number of fused-ring (bicyclic) bond motifs is 6. The van der Waals surface area contributed by atoms with Gasteiger partial charge in [-0.3, -0.25) is 0 Å². The molecule has 0 saturated carbocycles. The number of hydrogen-bond donors (Lipinski definition) is 0. The number of rotatable bonds is 2. The zero-order valence-corrected chi connectivity index (χ0v) is 17.9. The molecule has 4 nitrogen and oxygen atoms in total. The first-order chi connectivity index (χ1) is 15.6. The molecule has 1 aliphatic carbocycles. The number of ether oxygens (including phenoxy) is 1. The number of hydrogen-bond acceptors (Lipinski definition) is 4. The van der Waals surface area contributed by atoms with Crippen molar-refractivity contribution in [3.8, 4) is 28.1 Å². The Kier molecular flexibility index (Phi) is 4.15. The van der Waals surface area contributed by atoms with Crippen LogP contribution in [0, 0.1) is 6.92 Å². The van der Waals surface area contributed by atoms with E-state index in [0.717, 1.165) is 57.5 Å². The van der Waals surface area contributed by atoms with Crippen LogP contribution < -0.4 is 10.4 Å². The van der Waals surface area contributed by atoms with Crippen LogP contribution in [0.1, 0.15) is 16.7 Å². The minimum atomic E-state index is -0.351. The molecule has 0 atom stereocenters. The van der Waals surface area contributed by atoms with Crippen LogP contribution in [0.15, 0.2) is 75.9 Å². The summed E-state index contributed by atoms with van der Waals surface area (Å²) in [7, 11) is 1.65. The third-order valence-electron chi connectivity index (χ3n) is 6.39. The summed E-state index contributed by atoms with van der Waals surface area (Å²) < 4.78 is 11.1. The first-order valence-electron chi connectivity index (χ1n) is 10.8. The van der Waals surface area contributed by atoms with Gasteiger partial charge in [-0.05, 0) is 60.7 Å². The van der Waals surface area contributed by atoms with Gasteiger partial charge in [0.25, 0.3) is 0 Å². The second kappa shape index (κ2) is 7.06. The lowest BCUT2D eigenvalue weighted by Crippen LogP contribution is -2.12. The lowest BCUT2D eigenvalue weighted by atomic mass is 9.83. The van der Waals surface area contributed by atoms with E-state index in [-0.39, 0.29) is 5.63 Å². The summed E-state index contributed by atoms with van der Waals surface area (Å²) >= 11 is 0. The van der Waals surface area contributed by atoms with Gasteiger partial charge in [0, 0.05) is 16.5 Å². The number of aryl methyl sites for hydroxylation is 2. The Morgan fingerprint density at radius 2 is 1.78 bits per heavy atom. The van der Waals surface area contributed by atoms with E-state index in [1.165, 1.54) is 5.56 Å². The van der Waals surface area contributed by atoms with Crippen LogP contribution >= 0.6 is 0 Å². The van der Waals surface area contributed by atoms with Crippen LogP contribution in [0.2, 0.25) is 0 Å². The number of nitrogens with zero attached hydrogens (tertiary/aromatic N) is 1. The Balaban J connectivity index is 1.81. The average molecular weight is 419 g/mol. The van der Waals surface area contributed by atoms with Crippen molar-refractivity contribution in [1.29, 1.82) is 0 Å². The summed E-state index contributed by atoms with van der Waals surface area (Å²) in [6, 6.07) is 22.1. The van der Waals surface area contributed by atoms with E-state index in [9.17, 15) is 4.79 Å². The molecule has 0 fully saturated rings. The van der Waals surface area contributed by atoms with Crippen molar-refractivity contribution in [2.75, 3.05) is 7.11 Å². The fraction of sp³-hybridized carbons (Fsp3) is 0.143. The van der Waals surface area contributed by atoms with Crippen LogP contribution in [-0.2, 0) is 12.8 Å². The monoisotopic (exact) mass is 419 g/mol. The van der Waals surface area contributed by atoms with Gasteiger partial charge in [0.2, 0.25) is 0 Å². The summed E-state index contributed by atoms with van der Waals surface area (Å²) in [6.07, 6.45) is 1.74. The van der Waals surface area contributed by atoms with Crippen molar-refractivity contribution in [2.45, 2.75) is 19.8 Å². The Morgan fingerprint density at radius 3 is 2.59 bits per heavy atom. The predicted octanol–water partition coefficient (Wildman–Crippen LogP) is 6.09. The molecule has 32 heavy (non-hydrogen) atoms. The summed E-state index contributed by atoms with van der Waals surface area (Å²) in [5.74, 6) is 0.777. The molecule has 4 heteroatoms. The van der Waals surface area contributed by atoms with E-state index < -0.39 is 0 Å². The molecule has 5 aromatic rings. The molecule has 2 heterocycles. The maximum atomic E-state index is 13.3. The van der Waals surface area contributed by atoms with E-state index >= 15 is 0 Å². The largest absolute Gasteiger partial charge is 0.497 e. The first-order valence-corrected chi connectivity index (χ1v) is 10.8. The van der Waals surface area contributed by atoms with Crippen molar-refractivity contribution >= 4 is 21.9 Å². The summed E-state index contributed by atoms with van der Waals surface area (Å²) in [5.41, 5.74) is 8.36. The highest BCUT2D eigenvalue weighted by Gasteiger charge is 2.26. The maximum Gasteiger partial charge on any atom is 0.346 e. The molecule has 0 amide bonds. The average Bonchev–Trinajstić information content (AvgIpc) is 2.83. The summed E-state index contributed by atoms with van der Waals surface area (Å²) in [5, 5.41) is 1.41. The Morgan fingerprint density at radius 1 is 0.969 bits per heavy atom. The van der Waals surface area contributed by atoms with Gasteiger partial charge >= 0.3 is 5.63 Å². The molecule has 156 valence electrons. The van der Waals surface area contributed by atoms with Gasteiger partial charge < -0.3 is 9.15 Å². The van der Waals surface area contributed by atoms with Crippen LogP contribution in [-0.4, -0.2) is 12.1 Å². The van der Waals surface area contributed by atoms with Gasteiger partial charge in [-0.25, -0.2) is 9.78 Å². The molecule has 6 rings (SSSR count). The molecular weight excluding hydrogens is 398 g/mol. The van der Waals surface area contributed by atoms with Gasteiger partial charge in [0.15, 0.2) is 0 Å². The van der Waals surface area contributed by atoms with Gasteiger partial charge in [0.05, 0.1) is 23.7 Å². The second-order valence-electron chi connectivity index (χ2n) is 8.31. The third-order valence-corrected chi connectivity index (χ3v) is 6.39. The van der Waals surface area contributed by atoms with Crippen LogP contribution in [0.3, 0.4) is 0 Å². The molecule has 1 aliphatic rings. The standard InChI is InChI=1S/C28H21NO3/c1-16-7-14-23-22(15-16)27-25(28(30)32-23)24(18-8-11-19(31-2)12-9-18)21-13-10-17-5-3-4-6-20(17)26(21)29-27/h3-9,11-12,14-15H,10,13H2,1-2H3. The van der Waals surface area contributed by atoms with Crippen molar-refractivity contribution in [1.82, 2.24) is 4.98 Å². The van der Waals surface area contributed by atoms with Crippen LogP contribution in [0.4, 0.5) is 0 Å². The van der Waals surface area contributed by atoms with Crippen molar-refractivity contribution < 1.29 is 9.15 Å². The fourth-order valence-electron chi connectivity index (χ4n) is 4.86. The number of aromatic nitrogens is 1. The molecule has 2 aromatic heterocycles. The number of methoxy groups -OCH3 is 1. The quantitative estimate of drug-likeness (QED) is 0.257. The molecule has 0 N–H and O–H groups in total. The highest BCUT2D eigenvalue weighted by Crippen LogP contribution is 2.42. The normalized spacial score (nSPS) is 12.6. The molecular formula is C28H21NO3. The second-order valence-corrected chi connectivity index (χ2v) is 8.31. The van der Waals surface area contributed by atoms with Crippen molar-refractivity contribution in [2.24, 2.45) is 0 Å². The van der Waals surface area contributed by atoms with Crippen LogP contribution in [0.5, 0.6) is 5.75 Å². The molecule has 0 unspecified atom stereocenters. The Bertz CT molecular complexity index is 1580. The fourth-order valence-corrected chi connectivity index (χ4v) is 4.86. The van der Waals surface area contributed by atoms with Gasteiger partial charge in [-0.2, -0.15) is 0 Å². The molecule has 0 radical (unpaired) electrons. The minimum absolute atomic E-state index is 0.351.